The van der Waals surface area contributed by atoms with E-state index in [2.05, 4.69) is 32.7 Å². The molecule has 0 rings (SSSR count). The molecule has 0 saturated heterocycles. The van der Waals surface area contributed by atoms with Crippen molar-refractivity contribution in [1.29, 1.82) is 0 Å². The summed E-state index contributed by atoms with van der Waals surface area (Å²) in [6.07, 6.45) is 0. The van der Waals surface area contributed by atoms with Crippen LogP contribution in [0.3, 0.4) is 0 Å². The molecule has 0 atom stereocenters. The molecule has 4 heteroatoms. The Hall–Kier alpha value is 0.0938. The summed E-state index contributed by atoms with van der Waals surface area (Å²) in [6, 6.07) is 4.92. The zero-order valence-corrected chi connectivity index (χ0v) is 12.9. The van der Waals surface area contributed by atoms with Crippen LogP contribution >= 0.6 is 0 Å². The molecule has 15 heavy (non-hydrogen) atoms. The molecule has 0 heterocycles. The second-order valence-corrected chi connectivity index (χ2v) is 12.9. The summed E-state index contributed by atoms with van der Waals surface area (Å²) in [5.41, 5.74) is 2.24. The smallest absolute Gasteiger partial charge is 0.334 e. The van der Waals surface area contributed by atoms with Crippen LogP contribution in [0.25, 0.3) is 0 Å². The van der Waals surface area contributed by atoms with Crippen molar-refractivity contribution in [1.82, 2.24) is 0 Å². The lowest BCUT2D eigenvalue weighted by Crippen LogP contribution is -2.40. The van der Waals surface area contributed by atoms with Gasteiger partial charge in [-0.1, -0.05) is 32.0 Å². The van der Waals surface area contributed by atoms with Gasteiger partial charge < -0.3 is 8.85 Å². The van der Waals surface area contributed by atoms with E-state index in [0.717, 1.165) is 6.04 Å². The van der Waals surface area contributed by atoms with Crippen molar-refractivity contribution in [3.63, 3.8) is 0 Å². The summed E-state index contributed by atoms with van der Waals surface area (Å²) in [4.78, 5) is 0. The van der Waals surface area contributed by atoms with Crippen molar-refractivity contribution in [3.8, 4) is 0 Å². The first kappa shape index (κ1) is 15.1. The predicted octanol–water partition coefficient (Wildman–Crippen LogP) is 3.57. The average molecular weight is 246 g/mol. The Bertz CT molecular complexity index is 187. The monoisotopic (exact) mass is 246 g/mol. The Kier molecular flexibility index (Phi) is 6.67. The Balaban J connectivity index is 4.38. The lowest BCUT2D eigenvalue weighted by atomic mass is 10.9. The molecular weight excluding hydrogens is 220 g/mol. The molecule has 0 saturated carbocycles. The third kappa shape index (κ3) is 4.22. The fraction of sp³-hybridized carbons (Fsp3) is 0.818. The molecule has 0 aromatic rings. The third-order valence-corrected chi connectivity index (χ3v) is 12.1. The molecule has 0 bridgehead atoms. The third-order valence-electron chi connectivity index (χ3n) is 3.78. The summed E-state index contributed by atoms with van der Waals surface area (Å²) in [6.45, 7) is 10.7. The lowest BCUT2D eigenvalue weighted by Gasteiger charge is -2.30. The number of rotatable bonds is 8. The van der Waals surface area contributed by atoms with Gasteiger partial charge in [0.2, 0.25) is 0 Å². The fourth-order valence-electron chi connectivity index (χ4n) is 1.76. The first-order chi connectivity index (χ1) is 7.01. The highest BCUT2D eigenvalue weighted by atomic mass is 28.4. The maximum atomic E-state index is 5.52. The van der Waals surface area contributed by atoms with E-state index in [1.54, 1.807) is 14.2 Å². The van der Waals surface area contributed by atoms with E-state index in [4.69, 9.17) is 8.85 Å². The molecule has 0 radical (unpaired) electrons. The van der Waals surface area contributed by atoms with E-state index in [-0.39, 0.29) is 0 Å². The van der Waals surface area contributed by atoms with Gasteiger partial charge in [0.1, 0.15) is 0 Å². The molecule has 0 unspecified atom stereocenters. The maximum Gasteiger partial charge on any atom is 0.334 e. The summed E-state index contributed by atoms with van der Waals surface area (Å²) in [7, 11) is 0.447. The van der Waals surface area contributed by atoms with Crippen LogP contribution < -0.4 is 0 Å². The highest BCUT2D eigenvalue weighted by molar-refractivity contribution is 6.85. The zero-order chi connectivity index (χ0) is 11.9. The average Bonchev–Trinajstić information content (AvgIpc) is 2.31. The molecule has 0 fully saturated rings. The van der Waals surface area contributed by atoms with Gasteiger partial charge in [-0.2, -0.15) is 0 Å². The number of hydrogen-bond acceptors (Lipinski definition) is 2. The second-order valence-electron chi connectivity index (χ2n) is 4.32. The van der Waals surface area contributed by atoms with Crippen LogP contribution in [-0.4, -0.2) is 30.9 Å². The Morgan fingerprint density at radius 3 is 1.80 bits per heavy atom. The fourth-order valence-corrected chi connectivity index (χ4v) is 8.13. The van der Waals surface area contributed by atoms with E-state index in [1.165, 1.54) is 18.1 Å². The van der Waals surface area contributed by atoms with Crippen molar-refractivity contribution in [3.05, 3.63) is 12.3 Å². The van der Waals surface area contributed by atoms with Gasteiger partial charge in [-0.25, -0.2) is 0 Å². The highest BCUT2D eigenvalue weighted by Gasteiger charge is 2.34. The summed E-state index contributed by atoms with van der Waals surface area (Å²) in [5, 5.41) is 0. The van der Waals surface area contributed by atoms with Crippen LogP contribution in [0.4, 0.5) is 0 Å². The largest absolute Gasteiger partial charge is 0.398 e. The molecule has 0 amide bonds. The highest BCUT2D eigenvalue weighted by Crippen LogP contribution is 2.27. The van der Waals surface area contributed by atoms with Crippen LogP contribution in [0.1, 0.15) is 13.8 Å². The standard InChI is InChI=1S/C11H26O2Si2/c1-7-15(8-2,9-3)11-10-14(6,12-4)13-5/h7H,1,8-11H2,2-6H3. The van der Waals surface area contributed by atoms with E-state index < -0.39 is 16.6 Å². The van der Waals surface area contributed by atoms with Gasteiger partial charge in [-0.15, -0.1) is 12.3 Å². The van der Waals surface area contributed by atoms with Crippen LogP contribution in [0.15, 0.2) is 12.3 Å². The first-order valence-electron chi connectivity index (χ1n) is 5.75. The minimum Gasteiger partial charge on any atom is -0.398 e. The van der Waals surface area contributed by atoms with Crippen molar-refractivity contribution >= 4 is 16.6 Å². The topological polar surface area (TPSA) is 18.5 Å². The van der Waals surface area contributed by atoms with Crippen molar-refractivity contribution in [2.75, 3.05) is 14.2 Å². The van der Waals surface area contributed by atoms with Gasteiger partial charge in [-0.05, 0) is 12.6 Å². The minimum absolute atomic E-state index is 1.10. The summed E-state index contributed by atoms with van der Waals surface area (Å²) in [5.74, 6) is 0. The molecule has 0 spiro atoms. The maximum absolute atomic E-state index is 5.52. The van der Waals surface area contributed by atoms with Crippen molar-refractivity contribution in [2.24, 2.45) is 0 Å². The van der Waals surface area contributed by atoms with Gasteiger partial charge in [0.15, 0.2) is 0 Å². The van der Waals surface area contributed by atoms with Gasteiger partial charge in [0, 0.05) is 14.2 Å². The molecule has 0 aliphatic carbocycles. The number of hydrogen-bond donors (Lipinski definition) is 0. The van der Waals surface area contributed by atoms with Gasteiger partial charge in [0.05, 0.1) is 8.07 Å². The van der Waals surface area contributed by atoms with E-state index in [1.807, 2.05) is 0 Å². The van der Waals surface area contributed by atoms with E-state index in [9.17, 15) is 0 Å². The molecule has 0 aliphatic rings. The van der Waals surface area contributed by atoms with Crippen molar-refractivity contribution in [2.45, 2.75) is 44.6 Å². The normalized spacial score (nSPS) is 12.9. The van der Waals surface area contributed by atoms with E-state index >= 15 is 0 Å². The minimum atomic E-state index is -1.87. The van der Waals surface area contributed by atoms with Crippen LogP contribution in [0.5, 0.6) is 0 Å². The Morgan fingerprint density at radius 1 is 1.07 bits per heavy atom. The summed E-state index contributed by atoms with van der Waals surface area (Å²) >= 11 is 0. The first-order valence-corrected chi connectivity index (χ1v) is 11.0. The molecule has 2 nitrogen and oxygen atoms in total. The molecule has 0 aliphatic heterocycles. The molecule has 0 aromatic carbocycles. The quantitative estimate of drug-likeness (QED) is 0.610. The summed E-state index contributed by atoms with van der Waals surface area (Å²) < 4.78 is 11.0. The molecule has 0 N–H and O–H groups in total. The van der Waals surface area contributed by atoms with Gasteiger partial charge in [-0.3, -0.25) is 0 Å². The molecule has 90 valence electrons. The molecular formula is C11H26O2Si2. The zero-order valence-electron chi connectivity index (χ0n) is 10.9. The Morgan fingerprint density at radius 2 is 1.53 bits per heavy atom. The van der Waals surface area contributed by atoms with Gasteiger partial charge >= 0.3 is 8.56 Å². The second kappa shape index (κ2) is 6.63. The van der Waals surface area contributed by atoms with Gasteiger partial charge in [0.25, 0.3) is 0 Å². The van der Waals surface area contributed by atoms with Crippen LogP contribution in [-0.2, 0) is 8.85 Å². The lowest BCUT2D eigenvalue weighted by molar-refractivity contribution is 0.251. The van der Waals surface area contributed by atoms with E-state index in [0.29, 0.717) is 0 Å². The Labute approximate surface area is 96.9 Å². The van der Waals surface area contributed by atoms with Crippen molar-refractivity contribution < 1.29 is 8.85 Å². The van der Waals surface area contributed by atoms with Crippen LogP contribution in [0, 0.1) is 0 Å². The SMILES string of the molecule is C=C[Si](CC)(CC)CC[Si](C)(OC)OC. The molecule has 0 aromatic heterocycles. The predicted molar refractivity (Wildman–Crippen MR) is 72.2 cm³/mol. The van der Waals surface area contributed by atoms with Crippen LogP contribution in [0.2, 0.25) is 30.7 Å².